The molecule has 0 radical (unpaired) electrons. The number of rotatable bonds is 5. The first-order valence-corrected chi connectivity index (χ1v) is 7.92. The third-order valence-electron chi connectivity index (χ3n) is 4.04. The topological polar surface area (TPSA) is 45.6 Å². The summed E-state index contributed by atoms with van der Waals surface area (Å²) in [6.07, 6.45) is 10.4. The summed E-state index contributed by atoms with van der Waals surface area (Å²) in [6, 6.07) is 1.51. The summed E-state index contributed by atoms with van der Waals surface area (Å²) >= 11 is 0. The second-order valence-electron chi connectivity index (χ2n) is 5.69. The van der Waals surface area contributed by atoms with E-state index in [1.165, 1.54) is 6.07 Å². The van der Waals surface area contributed by atoms with Crippen molar-refractivity contribution in [2.45, 2.75) is 19.4 Å². The molecule has 23 heavy (non-hydrogen) atoms. The van der Waals surface area contributed by atoms with Crippen molar-refractivity contribution in [3.8, 4) is 0 Å². The zero-order valence-corrected chi connectivity index (χ0v) is 13.2. The molecule has 0 amide bonds. The molecule has 1 aliphatic carbocycles. The SMILES string of the molecule is CCOC1CN(c2ncc(C3=CC(CO)=CCC=C3)cc2F)C1. The largest absolute Gasteiger partial charge is 0.392 e. The number of aliphatic hydroxyl groups is 1. The molecule has 4 nitrogen and oxygen atoms in total. The van der Waals surface area contributed by atoms with Gasteiger partial charge in [-0.1, -0.05) is 18.2 Å². The molecule has 0 aromatic carbocycles. The van der Waals surface area contributed by atoms with Crippen molar-refractivity contribution in [1.82, 2.24) is 4.98 Å². The van der Waals surface area contributed by atoms with Crippen molar-refractivity contribution >= 4 is 11.4 Å². The summed E-state index contributed by atoms with van der Waals surface area (Å²) in [7, 11) is 0. The number of hydrogen-bond acceptors (Lipinski definition) is 4. The van der Waals surface area contributed by atoms with Crippen LogP contribution in [-0.2, 0) is 4.74 Å². The van der Waals surface area contributed by atoms with Crippen LogP contribution in [0.4, 0.5) is 10.2 Å². The molecule has 122 valence electrons. The Kier molecular flexibility index (Phi) is 4.88. The van der Waals surface area contributed by atoms with Gasteiger partial charge in [-0.05, 0) is 36.6 Å². The standard InChI is InChI=1S/C18H21FN2O2/c1-2-23-16-10-21(11-16)18-17(19)8-15(9-20-18)14-6-4-3-5-13(7-14)12-22/h4-9,16,22H,2-3,10-12H2,1H3. The molecule has 5 heteroatoms. The molecule has 0 unspecified atom stereocenters. The third-order valence-corrected chi connectivity index (χ3v) is 4.04. The van der Waals surface area contributed by atoms with Crippen LogP contribution in [0.25, 0.3) is 5.57 Å². The zero-order chi connectivity index (χ0) is 16.2. The fourth-order valence-electron chi connectivity index (χ4n) is 2.78. The number of allylic oxidation sites excluding steroid dienone is 4. The zero-order valence-electron chi connectivity index (χ0n) is 13.2. The molecule has 1 aromatic rings. The lowest BCUT2D eigenvalue weighted by Crippen LogP contribution is -2.53. The predicted octanol–water partition coefficient (Wildman–Crippen LogP) is 2.71. The van der Waals surface area contributed by atoms with Gasteiger partial charge in [0.25, 0.3) is 0 Å². The highest BCUT2D eigenvalue weighted by Crippen LogP contribution is 2.27. The summed E-state index contributed by atoms with van der Waals surface area (Å²) in [5.41, 5.74) is 2.40. The van der Waals surface area contributed by atoms with E-state index in [-0.39, 0.29) is 18.5 Å². The molecule has 1 aliphatic heterocycles. The monoisotopic (exact) mass is 316 g/mol. The summed E-state index contributed by atoms with van der Waals surface area (Å²) in [6.45, 7) is 3.97. The summed E-state index contributed by atoms with van der Waals surface area (Å²) in [4.78, 5) is 6.17. The van der Waals surface area contributed by atoms with Crippen molar-refractivity contribution in [2.24, 2.45) is 0 Å². The summed E-state index contributed by atoms with van der Waals surface area (Å²) in [5, 5.41) is 9.31. The van der Waals surface area contributed by atoms with Gasteiger partial charge in [0.15, 0.2) is 11.6 Å². The molecule has 1 aromatic heterocycles. The van der Waals surface area contributed by atoms with E-state index in [9.17, 15) is 9.50 Å². The van der Waals surface area contributed by atoms with Crippen LogP contribution in [0.15, 0.2) is 42.1 Å². The molecule has 2 aliphatic rings. The number of anilines is 1. The number of aromatic nitrogens is 1. The fourth-order valence-corrected chi connectivity index (χ4v) is 2.78. The Morgan fingerprint density at radius 1 is 1.43 bits per heavy atom. The molecule has 0 bridgehead atoms. The van der Waals surface area contributed by atoms with Gasteiger partial charge >= 0.3 is 0 Å². The normalized spacial score (nSPS) is 18.3. The Labute approximate surface area is 135 Å². The first-order valence-electron chi connectivity index (χ1n) is 7.92. The van der Waals surface area contributed by atoms with E-state index >= 15 is 0 Å². The molecule has 1 fully saturated rings. The van der Waals surface area contributed by atoms with Crippen molar-refractivity contribution in [2.75, 3.05) is 31.2 Å². The van der Waals surface area contributed by atoms with Gasteiger partial charge in [0.2, 0.25) is 0 Å². The molecule has 3 rings (SSSR count). The minimum absolute atomic E-state index is 0.0221. The first-order chi connectivity index (χ1) is 11.2. The maximum absolute atomic E-state index is 14.4. The van der Waals surface area contributed by atoms with Gasteiger partial charge in [0.1, 0.15) is 0 Å². The van der Waals surface area contributed by atoms with Crippen LogP contribution in [0.1, 0.15) is 18.9 Å². The van der Waals surface area contributed by atoms with Crippen LogP contribution < -0.4 is 4.90 Å². The van der Waals surface area contributed by atoms with Gasteiger partial charge < -0.3 is 14.7 Å². The highest BCUT2D eigenvalue weighted by molar-refractivity contribution is 5.77. The number of hydrogen-bond donors (Lipinski definition) is 1. The van der Waals surface area contributed by atoms with Crippen LogP contribution in [0.3, 0.4) is 0 Å². The summed E-state index contributed by atoms with van der Waals surface area (Å²) in [5.74, 6) is 0.0475. The Balaban J connectivity index is 1.77. The number of aliphatic hydroxyl groups excluding tert-OH is 1. The van der Waals surface area contributed by atoms with E-state index in [2.05, 4.69) is 4.98 Å². The minimum atomic E-state index is -0.328. The molecule has 0 saturated carbocycles. The Morgan fingerprint density at radius 2 is 2.26 bits per heavy atom. The van der Waals surface area contributed by atoms with Crippen LogP contribution >= 0.6 is 0 Å². The average molecular weight is 316 g/mol. The number of pyridine rings is 1. The maximum atomic E-state index is 14.4. The molecular formula is C18H21FN2O2. The summed E-state index contributed by atoms with van der Waals surface area (Å²) < 4.78 is 19.9. The number of halogens is 1. The van der Waals surface area contributed by atoms with Crippen LogP contribution in [0, 0.1) is 5.82 Å². The smallest absolute Gasteiger partial charge is 0.166 e. The second kappa shape index (κ2) is 7.06. The van der Waals surface area contributed by atoms with E-state index < -0.39 is 0 Å². The van der Waals surface area contributed by atoms with Crippen LogP contribution in [-0.4, -0.2) is 42.5 Å². The molecular weight excluding hydrogens is 295 g/mol. The number of nitrogens with zero attached hydrogens (tertiary/aromatic N) is 2. The highest BCUT2D eigenvalue weighted by Gasteiger charge is 2.30. The van der Waals surface area contributed by atoms with E-state index in [0.29, 0.717) is 31.1 Å². The molecule has 2 heterocycles. The van der Waals surface area contributed by atoms with E-state index in [4.69, 9.17) is 4.74 Å². The quantitative estimate of drug-likeness (QED) is 0.907. The first kappa shape index (κ1) is 15.9. The maximum Gasteiger partial charge on any atom is 0.166 e. The lowest BCUT2D eigenvalue weighted by atomic mass is 10.0. The van der Waals surface area contributed by atoms with Crippen LogP contribution in [0.2, 0.25) is 0 Å². The molecule has 0 spiro atoms. The fraction of sp³-hybridized carbons (Fsp3) is 0.389. The third kappa shape index (κ3) is 3.51. The van der Waals surface area contributed by atoms with Gasteiger partial charge in [-0.15, -0.1) is 0 Å². The van der Waals surface area contributed by atoms with E-state index in [1.54, 1.807) is 6.20 Å². The predicted molar refractivity (Wildman–Crippen MR) is 88.7 cm³/mol. The minimum Gasteiger partial charge on any atom is -0.392 e. The lowest BCUT2D eigenvalue weighted by Gasteiger charge is -2.39. The number of ether oxygens (including phenoxy) is 1. The van der Waals surface area contributed by atoms with Crippen LogP contribution in [0.5, 0.6) is 0 Å². The van der Waals surface area contributed by atoms with Crippen molar-refractivity contribution in [3.63, 3.8) is 0 Å². The van der Waals surface area contributed by atoms with E-state index in [1.807, 2.05) is 36.1 Å². The van der Waals surface area contributed by atoms with Gasteiger partial charge in [0.05, 0.1) is 12.7 Å². The Bertz CT molecular complexity index is 661. The lowest BCUT2D eigenvalue weighted by molar-refractivity contribution is 0.0424. The average Bonchev–Trinajstić information content (AvgIpc) is 2.76. The Morgan fingerprint density at radius 3 is 2.96 bits per heavy atom. The molecule has 1 N–H and O–H groups in total. The van der Waals surface area contributed by atoms with Gasteiger partial charge in [0, 0.05) is 31.5 Å². The van der Waals surface area contributed by atoms with E-state index in [0.717, 1.165) is 17.6 Å². The van der Waals surface area contributed by atoms with Gasteiger partial charge in [-0.3, -0.25) is 0 Å². The molecule has 1 saturated heterocycles. The van der Waals surface area contributed by atoms with Gasteiger partial charge in [-0.25, -0.2) is 9.37 Å². The Hall–Kier alpha value is -1.98. The van der Waals surface area contributed by atoms with Crippen molar-refractivity contribution < 1.29 is 14.2 Å². The van der Waals surface area contributed by atoms with Crippen molar-refractivity contribution in [3.05, 3.63) is 53.5 Å². The molecule has 0 atom stereocenters. The van der Waals surface area contributed by atoms with Gasteiger partial charge in [-0.2, -0.15) is 0 Å². The highest BCUT2D eigenvalue weighted by atomic mass is 19.1. The second-order valence-corrected chi connectivity index (χ2v) is 5.69. The van der Waals surface area contributed by atoms with Crippen molar-refractivity contribution in [1.29, 1.82) is 0 Å².